The van der Waals surface area contributed by atoms with Gasteiger partial charge in [0.05, 0.1) is 17.8 Å². The summed E-state index contributed by atoms with van der Waals surface area (Å²) in [5.41, 5.74) is 5.02. The molecule has 0 amide bonds. The van der Waals surface area contributed by atoms with Gasteiger partial charge in [0.2, 0.25) is 0 Å². The number of thiocarbonyl (C=S) groups is 1. The van der Waals surface area contributed by atoms with Crippen LogP contribution in [-0.2, 0) is 0 Å². The minimum absolute atomic E-state index is 0.136. The van der Waals surface area contributed by atoms with E-state index in [1.54, 1.807) is 31.0 Å². The van der Waals surface area contributed by atoms with E-state index in [2.05, 4.69) is 50.0 Å². The van der Waals surface area contributed by atoms with Gasteiger partial charge < -0.3 is 15.3 Å². The number of pyridine rings is 1. The fourth-order valence-electron chi connectivity index (χ4n) is 4.29. The van der Waals surface area contributed by atoms with E-state index in [0.717, 1.165) is 28.3 Å². The van der Waals surface area contributed by atoms with Gasteiger partial charge in [-0.1, -0.05) is 6.07 Å². The van der Waals surface area contributed by atoms with Crippen LogP contribution < -0.4 is 10.2 Å². The van der Waals surface area contributed by atoms with Gasteiger partial charge in [-0.3, -0.25) is 9.66 Å². The monoisotopic (exact) mass is 431 g/mol. The van der Waals surface area contributed by atoms with Gasteiger partial charge in [-0.25, -0.2) is 4.68 Å². The quantitative estimate of drug-likeness (QED) is 0.480. The van der Waals surface area contributed by atoms with Gasteiger partial charge in [0.1, 0.15) is 18.4 Å². The summed E-state index contributed by atoms with van der Waals surface area (Å²) in [6, 6.07) is 14.9. The third-order valence-electron chi connectivity index (χ3n) is 5.62. The molecule has 0 spiro atoms. The van der Waals surface area contributed by atoms with Crippen LogP contribution in [0.25, 0.3) is 0 Å². The second-order valence-electron chi connectivity index (χ2n) is 7.49. The SMILES string of the molecule is Cc1cc(C2C(c3ccccn3)NC(=S)N2c2ccc(O)cc2)c(C)n1-n1cnnc1. The molecule has 2 atom stereocenters. The summed E-state index contributed by atoms with van der Waals surface area (Å²) >= 11 is 5.76. The first kappa shape index (κ1) is 19.3. The van der Waals surface area contributed by atoms with Crippen molar-refractivity contribution in [3.63, 3.8) is 0 Å². The van der Waals surface area contributed by atoms with E-state index in [4.69, 9.17) is 12.2 Å². The van der Waals surface area contributed by atoms with Crippen molar-refractivity contribution in [2.24, 2.45) is 0 Å². The Morgan fingerprint density at radius 3 is 2.45 bits per heavy atom. The smallest absolute Gasteiger partial charge is 0.174 e. The summed E-state index contributed by atoms with van der Waals surface area (Å²) in [6.07, 6.45) is 5.14. The standard InChI is InChI=1S/C22H21N7OS/c1-14-11-18(15(2)29(14)27-12-24-25-13-27)21-20(19-5-3-4-10-23-19)26-22(31)28(21)16-6-8-17(30)9-7-16/h3-13,20-21,30H,1-2H3,(H,26,31). The van der Waals surface area contributed by atoms with E-state index in [1.165, 1.54) is 0 Å². The molecule has 1 fully saturated rings. The fraction of sp³-hybridized carbons (Fsp3) is 0.182. The van der Waals surface area contributed by atoms with Crippen molar-refractivity contribution in [1.82, 2.24) is 29.9 Å². The molecule has 5 rings (SSSR count). The van der Waals surface area contributed by atoms with Crippen molar-refractivity contribution >= 4 is 23.0 Å². The van der Waals surface area contributed by atoms with E-state index in [9.17, 15) is 5.11 Å². The topological polar surface area (TPSA) is 84.0 Å². The molecular weight excluding hydrogens is 410 g/mol. The molecule has 0 bridgehead atoms. The highest BCUT2D eigenvalue weighted by molar-refractivity contribution is 7.80. The van der Waals surface area contributed by atoms with Crippen molar-refractivity contribution in [2.75, 3.05) is 4.90 Å². The van der Waals surface area contributed by atoms with Crippen LogP contribution in [0, 0.1) is 13.8 Å². The molecule has 3 aromatic heterocycles. The highest BCUT2D eigenvalue weighted by Gasteiger charge is 2.42. The average molecular weight is 432 g/mol. The Kier molecular flexibility index (Phi) is 4.67. The number of hydrogen-bond donors (Lipinski definition) is 2. The van der Waals surface area contributed by atoms with Crippen molar-refractivity contribution in [3.05, 3.63) is 90.0 Å². The largest absolute Gasteiger partial charge is 0.508 e. The van der Waals surface area contributed by atoms with E-state index in [1.807, 2.05) is 35.0 Å². The van der Waals surface area contributed by atoms with Crippen molar-refractivity contribution in [1.29, 1.82) is 0 Å². The van der Waals surface area contributed by atoms with Crippen molar-refractivity contribution < 1.29 is 5.11 Å². The Hall–Kier alpha value is -3.72. The van der Waals surface area contributed by atoms with Crippen LogP contribution in [0.5, 0.6) is 5.75 Å². The second kappa shape index (κ2) is 7.51. The molecule has 4 aromatic rings. The number of phenols is 1. The Bertz CT molecular complexity index is 1220. The third kappa shape index (κ3) is 3.23. The molecule has 31 heavy (non-hydrogen) atoms. The highest BCUT2D eigenvalue weighted by Crippen LogP contribution is 2.43. The number of nitrogens with one attached hydrogen (secondary N) is 1. The zero-order chi connectivity index (χ0) is 21.5. The summed E-state index contributed by atoms with van der Waals surface area (Å²) in [4.78, 5) is 6.69. The first-order chi connectivity index (χ1) is 15.0. The van der Waals surface area contributed by atoms with Crippen molar-refractivity contribution in [2.45, 2.75) is 25.9 Å². The molecule has 0 radical (unpaired) electrons. The number of rotatable bonds is 4. The third-order valence-corrected chi connectivity index (χ3v) is 5.93. The zero-order valence-corrected chi connectivity index (χ0v) is 17.9. The lowest BCUT2D eigenvalue weighted by Gasteiger charge is -2.28. The Balaban J connectivity index is 1.68. The van der Waals surface area contributed by atoms with Gasteiger partial charge in [0, 0.05) is 28.8 Å². The number of anilines is 1. The van der Waals surface area contributed by atoms with Crippen LogP contribution in [0.3, 0.4) is 0 Å². The number of phenolic OH excluding ortho intramolecular Hbond substituents is 1. The number of aryl methyl sites for hydroxylation is 1. The predicted molar refractivity (Wildman–Crippen MR) is 121 cm³/mol. The Morgan fingerprint density at radius 2 is 1.77 bits per heavy atom. The molecule has 9 heteroatoms. The molecule has 4 heterocycles. The molecule has 1 aromatic carbocycles. The van der Waals surface area contributed by atoms with E-state index < -0.39 is 0 Å². The fourth-order valence-corrected chi connectivity index (χ4v) is 4.64. The lowest BCUT2D eigenvalue weighted by molar-refractivity contribution is 0.475. The maximum absolute atomic E-state index is 9.77. The first-order valence-corrected chi connectivity index (χ1v) is 10.3. The number of hydrogen-bond acceptors (Lipinski definition) is 5. The molecular formula is C22H21N7OS. The number of aromatic nitrogens is 5. The molecule has 0 saturated carbocycles. The summed E-state index contributed by atoms with van der Waals surface area (Å²) in [7, 11) is 0. The summed E-state index contributed by atoms with van der Waals surface area (Å²) in [5.74, 6) is 0.213. The van der Waals surface area contributed by atoms with Crippen LogP contribution in [0.4, 0.5) is 5.69 Å². The number of aromatic hydroxyl groups is 1. The normalized spacial score (nSPS) is 18.4. The van der Waals surface area contributed by atoms with Crippen LogP contribution in [-0.4, -0.2) is 34.8 Å². The molecule has 2 unspecified atom stereocenters. The maximum atomic E-state index is 9.77. The summed E-state index contributed by atoms with van der Waals surface area (Å²) in [5, 5.41) is 21.7. The van der Waals surface area contributed by atoms with Crippen LogP contribution in [0.15, 0.2) is 67.4 Å². The zero-order valence-electron chi connectivity index (χ0n) is 17.0. The van der Waals surface area contributed by atoms with E-state index >= 15 is 0 Å². The van der Waals surface area contributed by atoms with Gasteiger partial charge in [-0.15, -0.1) is 10.2 Å². The molecule has 1 aliphatic rings. The molecule has 0 aliphatic carbocycles. The lowest BCUT2D eigenvalue weighted by Crippen LogP contribution is -2.29. The summed E-state index contributed by atoms with van der Waals surface area (Å²) in [6.45, 7) is 4.13. The lowest BCUT2D eigenvalue weighted by atomic mass is 9.96. The maximum Gasteiger partial charge on any atom is 0.174 e. The molecule has 1 saturated heterocycles. The molecule has 1 aliphatic heterocycles. The number of nitrogens with zero attached hydrogens (tertiary/aromatic N) is 6. The van der Waals surface area contributed by atoms with E-state index in [-0.39, 0.29) is 17.8 Å². The predicted octanol–water partition coefficient (Wildman–Crippen LogP) is 3.29. The first-order valence-electron chi connectivity index (χ1n) is 9.88. The van der Waals surface area contributed by atoms with Gasteiger partial charge in [0.15, 0.2) is 5.11 Å². The van der Waals surface area contributed by atoms with Crippen LogP contribution >= 0.6 is 12.2 Å². The van der Waals surface area contributed by atoms with Gasteiger partial charge in [0.25, 0.3) is 0 Å². The Morgan fingerprint density at radius 1 is 1.03 bits per heavy atom. The molecule has 2 N–H and O–H groups in total. The minimum Gasteiger partial charge on any atom is -0.508 e. The minimum atomic E-state index is -0.141. The molecule has 156 valence electrons. The average Bonchev–Trinajstić information content (AvgIpc) is 3.47. The Labute approximate surface area is 184 Å². The van der Waals surface area contributed by atoms with Crippen molar-refractivity contribution in [3.8, 4) is 5.75 Å². The van der Waals surface area contributed by atoms with Gasteiger partial charge in [-0.05, 0) is 68.5 Å². The number of benzene rings is 1. The second-order valence-corrected chi connectivity index (χ2v) is 7.88. The van der Waals surface area contributed by atoms with E-state index in [0.29, 0.717) is 5.11 Å². The van der Waals surface area contributed by atoms with Crippen LogP contribution in [0.1, 0.15) is 34.7 Å². The molecule has 8 nitrogen and oxygen atoms in total. The van der Waals surface area contributed by atoms with Crippen LogP contribution in [0.2, 0.25) is 0 Å². The summed E-state index contributed by atoms with van der Waals surface area (Å²) < 4.78 is 3.93. The highest BCUT2D eigenvalue weighted by atomic mass is 32.1. The van der Waals surface area contributed by atoms with Gasteiger partial charge in [-0.2, -0.15) is 0 Å². The van der Waals surface area contributed by atoms with Gasteiger partial charge >= 0.3 is 0 Å².